The fourth-order valence-corrected chi connectivity index (χ4v) is 5.98. The van der Waals surface area contributed by atoms with E-state index in [1.54, 1.807) is 19.4 Å². The van der Waals surface area contributed by atoms with Crippen LogP contribution >= 0.6 is 15.9 Å². The molecule has 4 atom stereocenters. The van der Waals surface area contributed by atoms with E-state index >= 15 is 0 Å². The standard InChI is InChI=1S/C29H39BrO3/c1-20-10-13-24(33-27(31)19-30)18-23(20)12-11-22-9-7-17-29(5)25(14-15-26(22)29)21(2)8-6-16-28(3,4)32/h11-12,14,21,24,26,32H,1,7-10,13,15,17-19H2,2-5H3/t21-,24+,26?,29-/m1/s1. The van der Waals surface area contributed by atoms with Gasteiger partial charge in [0.25, 0.3) is 0 Å². The van der Waals surface area contributed by atoms with E-state index in [1.165, 1.54) is 29.6 Å². The van der Waals surface area contributed by atoms with Gasteiger partial charge in [0.05, 0.1) is 0 Å². The lowest BCUT2D eigenvalue weighted by atomic mass is 9.62. The third kappa shape index (κ3) is 6.52. The van der Waals surface area contributed by atoms with Crippen molar-refractivity contribution >= 4 is 21.9 Å². The van der Waals surface area contributed by atoms with E-state index in [2.05, 4.69) is 66.4 Å². The molecule has 0 amide bonds. The van der Waals surface area contributed by atoms with Crippen molar-refractivity contribution in [2.75, 3.05) is 5.33 Å². The highest BCUT2D eigenvalue weighted by Crippen LogP contribution is 2.56. The van der Waals surface area contributed by atoms with E-state index < -0.39 is 5.60 Å². The summed E-state index contributed by atoms with van der Waals surface area (Å²) < 4.78 is 5.57. The molecular weight excluding hydrogens is 476 g/mol. The van der Waals surface area contributed by atoms with Crippen LogP contribution in [0.2, 0.25) is 0 Å². The van der Waals surface area contributed by atoms with Gasteiger partial charge in [0.15, 0.2) is 0 Å². The van der Waals surface area contributed by atoms with E-state index in [1.807, 2.05) is 0 Å². The topological polar surface area (TPSA) is 46.5 Å². The first-order chi connectivity index (χ1) is 15.5. The number of carbonyl (C=O) groups excluding carboxylic acids is 1. The van der Waals surface area contributed by atoms with Crippen LogP contribution in [0.5, 0.6) is 0 Å². The van der Waals surface area contributed by atoms with E-state index in [-0.39, 0.29) is 22.8 Å². The van der Waals surface area contributed by atoms with Crippen LogP contribution in [-0.4, -0.2) is 28.1 Å². The van der Waals surface area contributed by atoms with Gasteiger partial charge < -0.3 is 9.84 Å². The molecule has 33 heavy (non-hydrogen) atoms. The Balaban J connectivity index is 1.72. The molecule has 0 aromatic heterocycles. The van der Waals surface area contributed by atoms with Gasteiger partial charge in [0.1, 0.15) is 17.0 Å². The average Bonchev–Trinajstić information content (AvgIpc) is 3.10. The molecule has 3 aliphatic rings. The Hall–Kier alpha value is -1.57. The highest BCUT2D eigenvalue weighted by molar-refractivity contribution is 9.09. The largest absolute Gasteiger partial charge is 0.461 e. The van der Waals surface area contributed by atoms with E-state index in [0.29, 0.717) is 11.8 Å². The summed E-state index contributed by atoms with van der Waals surface area (Å²) in [5, 5.41) is 10.1. The highest BCUT2D eigenvalue weighted by atomic mass is 79.9. The van der Waals surface area contributed by atoms with Crippen molar-refractivity contribution in [3.05, 3.63) is 47.1 Å². The molecule has 2 saturated carbocycles. The van der Waals surface area contributed by atoms with E-state index in [9.17, 15) is 9.90 Å². The lowest BCUT2D eigenvalue weighted by Gasteiger charge is -2.42. The predicted octanol–water partition coefficient (Wildman–Crippen LogP) is 6.82. The second-order valence-corrected chi connectivity index (χ2v) is 11.3. The quantitative estimate of drug-likeness (QED) is 0.189. The molecule has 3 aliphatic carbocycles. The Morgan fingerprint density at radius 2 is 2.18 bits per heavy atom. The van der Waals surface area contributed by atoms with Crippen molar-refractivity contribution in [3.63, 3.8) is 0 Å². The van der Waals surface area contributed by atoms with Gasteiger partial charge in [-0.2, -0.15) is 0 Å². The van der Waals surface area contributed by atoms with Crippen molar-refractivity contribution in [2.24, 2.45) is 17.3 Å². The van der Waals surface area contributed by atoms with Gasteiger partial charge in [-0.25, -0.2) is 0 Å². The Morgan fingerprint density at radius 3 is 2.88 bits per heavy atom. The number of allylic oxidation sites excluding steroid dienone is 6. The molecule has 0 heterocycles. The third-order valence-electron chi connectivity index (χ3n) is 7.52. The summed E-state index contributed by atoms with van der Waals surface area (Å²) in [6, 6.07) is 0. The molecule has 3 rings (SSSR count). The van der Waals surface area contributed by atoms with Gasteiger partial charge in [-0.1, -0.05) is 83.1 Å². The minimum atomic E-state index is -0.931. The molecule has 0 saturated heterocycles. The number of carbonyl (C=O) groups is 1. The first kappa shape index (κ1) is 26.0. The maximum absolute atomic E-state index is 11.7. The van der Waals surface area contributed by atoms with Gasteiger partial charge in [-0.05, 0) is 75.2 Å². The summed E-state index contributed by atoms with van der Waals surface area (Å²) in [6.07, 6.45) is 14.9. The zero-order valence-electron chi connectivity index (χ0n) is 20.7. The molecule has 0 radical (unpaired) electrons. The third-order valence-corrected chi connectivity index (χ3v) is 7.98. The van der Waals surface area contributed by atoms with Gasteiger partial charge in [0.2, 0.25) is 0 Å². The van der Waals surface area contributed by atoms with Gasteiger partial charge in [-0.15, -0.1) is 0 Å². The van der Waals surface area contributed by atoms with Gasteiger partial charge in [-0.3, -0.25) is 4.79 Å². The van der Waals surface area contributed by atoms with Gasteiger partial charge in [0, 0.05) is 12.8 Å². The predicted molar refractivity (Wildman–Crippen MR) is 139 cm³/mol. The van der Waals surface area contributed by atoms with Crippen LogP contribution in [0, 0.1) is 29.1 Å². The SMILES string of the molecule is C=C1CC[C@H](OC(=O)CBr)CC1=CC=C1CCC[C@]2(C)C([C@H](C)CC#CC(C)(C)O)=CCC12. The van der Waals surface area contributed by atoms with Crippen LogP contribution in [-0.2, 0) is 9.53 Å². The summed E-state index contributed by atoms with van der Waals surface area (Å²) in [5.41, 5.74) is 4.72. The number of alkyl halides is 1. The van der Waals surface area contributed by atoms with Crippen molar-refractivity contribution in [2.45, 2.75) is 90.8 Å². The van der Waals surface area contributed by atoms with Crippen LogP contribution in [0.25, 0.3) is 0 Å². The van der Waals surface area contributed by atoms with Crippen molar-refractivity contribution in [3.8, 4) is 11.8 Å². The second kappa shape index (κ2) is 10.8. The minimum absolute atomic E-state index is 0.0487. The van der Waals surface area contributed by atoms with Crippen LogP contribution in [0.1, 0.15) is 79.1 Å². The number of esters is 1. The molecular formula is C29H39BrO3. The Kier molecular flexibility index (Phi) is 8.51. The molecule has 0 spiro atoms. The maximum Gasteiger partial charge on any atom is 0.316 e. The number of hydrogen-bond acceptors (Lipinski definition) is 3. The smallest absolute Gasteiger partial charge is 0.316 e. The summed E-state index contributed by atoms with van der Waals surface area (Å²) in [5.74, 6) is 6.92. The maximum atomic E-state index is 11.7. The van der Waals surface area contributed by atoms with Gasteiger partial charge >= 0.3 is 5.97 Å². The zero-order valence-corrected chi connectivity index (χ0v) is 22.3. The molecule has 2 fully saturated rings. The van der Waals surface area contributed by atoms with Crippen LogP contribution in [0.15, 0.2) is 47.1 Å². The number of halogens is 1. The summed E-state index contributed by atoms with van der Waals surface area (Å²) in [6.45, 7) is 12.4. The number of fused-ring (bicyclic) bond motifs is 1. The number of hydrogen-bond donors (Lipinski definition) is 1. The first-order valence-corrected chi connectivity index (χ1v) is 13.4. The van der Waals surface area contributed by atoms with Crippen LogP contribution < -0.4 is 0 Å². The van der Waals surface area contributed by atoms with Crippen molar-refractivity contribution < 1.29 is 14.6 Å². The van der Waals surface area contributed by atoms with Crippen molar-refractivity contribution in [1.29, 1.82) is 0 Å². The minimum Gasteiger partial charge on any atom is -0.461 e. The fourth-order valence-electron chi connectivity index (χ4n) is 5.85. The molecule has 0 bridgehead atoms. The Labute approximate surface area is 208 Å². The Morgan fingerprint density at radius 1 is 1.42 bits per heavy atom. The lowest BCUT2D eigenvalue weighted by molar-refractivity contribution is -0.146. The second-order valence-electron chi connectivity index (χ2n) is 10.7. The number of aliphatic hydroxyl groups is 1. The fraction of sp³-hybridized carbons (Fsp3) is 0.621. The normalized spacial score (nSPS) is 31.0. The zero-order chi connectivity index (χ0) is 24.2. The summed E-state index contributed by atoms with van der Waals surface area (Å²) in [4.78, 5) is 11.7. The van der Waals surface area contributed by atoms with E-state index in [0.717, 1.165) is 38.5 Å². The van der Waals surface area contributed by atoms with Crippen LogP contribution in [0.3, 0.4) is 0 Å². The average molecular weight is 516 g/mol. The number of rotatable bonds is 5. The molecule has 0 aromatic rings. The molecule has 0 aliphatic heterocycles. The molecule has 4 heteroatoms. The monoisotopic (exact) mass is 514 g/mol. The molecule has 1 N–H and O–H groups in total. The molecule has 1 unspecified atom stereocenters. The molecule has 180 valence electrons. The summed E-state index contributed by atoms with van der Waals surface area (Å²) >= 11 is 3.18. The highest BCUT2D eigenvalue weighted by Gasteiger charge is 2.45. The van der Waals surface area contributed by atoms with Crippen molar-refractivity contribution in [1.82, 2.24) is 0 Å². The Bertz CT molecular complexity index is 921. The lowest BCUT2D eigenvalue weighted by Crippen LogP contribution is -2.32. The molecule has 0 aromatic carbocycles. The number of ether oxygens (including phenoxy) is 1. The van der Waals surface area contributed by atoms with Crippen LogP contribution in [0.4, 0.5) is 0 Å². The first-order valence-electron chi connectivity index (χ1n) is 12.3. The summed E-state index contributed by atoms with van der Waals surface area (Å²) in [7, 11) is 0. The molecule has 3 nitrogen and oxygen atoms in total. The van der Waals surface area contributed by atoms with E-state index in [4.69, 9.17) is 4.74 Å².